The second-order valence-electron chi connectivity index (χ2n) is 10.5. The number of allylic oxidation sites excluding steroid dienone is 2. The minimum absolute atomic E-state index is 0.276. The van der Waals surface area contributed by atoms with Crippen molar-refractivity contribution in [2.75, 3.05) is 12.3 Å². The molecule has 3 N–H and O–H groups in total. The van der Waals surface area contributed by atoms with Crippen LogP contribution in [-0.4, -0.2) is 24.0 Å². The summed E-state index contributed by atoms with van der Waals surface area (Å²) in [6.07, 6.45) is 11.6. The summed E-state index contributed by atoms with van der Waals surface area (Å²) < 4.78 is 5.22. The van der Waals surface area contributed by atoms with E-state index in [4.69, 9.17) is 10.5 Å². The second-order valence-corrected chi connectivity index (χ2v) is 10.5. The summed E-state index contributed by atoms with van der Waals surface area (Å²) in [4.78, 5) is 25.5. The molecule has 1 atom stereocenters. The first-order valence-electron chi connectivity index (χ1n) is 13.6. The van der Waals surface area contributed by atoms with Gasteiger partial charge in [-0.15, -0.1) is 0 Å². The molecule has 2 aromatic carbocycles. The van der Waals surface area contributed by atoms with Gasteiger partial charge >= 0.3 is 5.97 Å². The number of nitrogen functional groups attached to an aromatic ring is 1. The molecule has 192 valence electrons. The predicted molar refractivity (Wildman–Crippen MR) is 146 cm³/mol. The van der Waals surface area contributed by atoms with E-state index in [0.29, 0.717) is 42.5 Å². The van der Waals surface area contributed by atoms with Crippen LogP contribution in [-0.2, 0) is 9.53 Å². The third-order valence-corrected chi connectivity index (χ3v) is 7.96. The second kappa shape index (κ2) is 11.8. The van der Waals surface area contributed by atoms with Gasteiger partial charge in [-0.05, 0) is 80.6 Å². The Labute approximate surface area is 215 Å². The number of anilines is 1. The standard InChI is InChI=1S/C31H40N2O3/c1-3-36-30(35)31(19-10-20-31)33-29(34)25-16-18-27(28(32)21-25)26(24-13-8-5-9-14-24)17-15-22(2)23-11-6-4-7-12-23/h4,6-7,11-12,16-18,21-22,24H,3,5,8-10,13-15,19-20,32H2,1-2H3,(H,33,34)/b26-17-. The molecule has 2 saturated carbocycles. The van der Waals surface area contributed by atoms with Crippen molar-refractivity contribution >= 4 is 23.1 Å². The molecule has 1 amide bonds. The maximum absolute atomic E-state index is 13.1. The minimum Gasteiger partial charge on any atom is -0.464 e. The molecule has 4 rings (SSSR count). The van der Waals surface area contributed by atoms with Crippen LogP contribution >= 0.6 is 0 Å². The Morgan fingerprint density at radius 3 is 2.42 bits per heavy atom. The Hall–Kier alpha value is -3.08. The van der Waals surface area contributed by atoms with Gasteiger partial charge < -0.3 is 15.8 Å². The average molecular weight is 489 g/mol. The predicted octanol–water partition coefficient (Wildman–Crippen LogP) is 6.64. The van der Waals surface area contributed by atoms with Gasteiger partial charge in [0, 0.05) is 16.8 Å². The van der Waals surface area contributed by atoms with E-state index in [1.165, 1.54) is 43.2 Å². The highest BCUT2D eigenvalue weighted by atomic mass is 16.5. The summed E-state index contributed by atoms with van der Waals surface area (Å²) in [5, 5.41) is 2.94. The summed E-state index contributed by atoms with van der Waals surface area (Å²) >= 11 is 0. The monoisotopic (exact) mass is 488 g/mol. The van der Waals surface area contributed by atoms with Gasteiger partial charge in [0.1, 0.15) is 5.54 Å². The number of hydrogen-bond donors (Lipinski definition) is 2. The molecule has 0 spiro atoms. The van der Waals surface area contributed by atoms with Crippen LogP contribution in [0.25, 0.3) is 5.57 Å². The molecule has 0 heterocycles. The van der Waals surface area contributed by atoms with E-state index in [0.717, 1.165) is 18.4 Å². The molecule has 2 aliphatic rings. The van der Waals surface area contributed by atoms with E-state index in [2.05, 4.69) is 48.6 Å². The molecular weight excluding hydrogens is 448 g/mol. The normalized spacial score (nSPS) is 18.7. The number of carbonyl (C=O) groups is 2. The van der Waals surface area contributed by atoms with Crippen molar-refractivity contribution in [1.82, 2.24) is 5.32 Å². The van der Waals surface area contributed by atoms with Crippen molar-refractivity contribution in [1.29, 1.82) is 0 Å². The van der Waals surface area contributed by atoms with Gasteiger partial charge in [0.15, 0.2) is 0 Å². The maximum atomic E-state index is 13.1. The molecule has 0 saturated heterocycles. The largest absolute Gasteiger partial charge is 0.464 e. The van der Waals surface area contributed by atoms with Crippen LogP contribution in [0.5, 0.6) is 0 Å². The quantitative estimate of drug-likeness (QED) is 0.306. The fourth-order valence-corrected chi connectivity index (χ4v) is 5.57. The smallest absolute Gasteiger partial charge is 0.331 e. The third kappa shape index (κ3) is 5.83. The number of benzene rings is 2. The van der Waals surface area contributed by atoms with Gasteiger partial charge in [-0.1, -0.05) is 68.7 Å². The Morgan fingerprint density at radius 2 is 1.81 bits per heavy atom. The number of amides is 1. The van der Waals surface area contributed by atoms with E-state index >= 15 is 0 Å². The Kier molecular flexibility index (Phi) is 8.50. The van der Waals surface area contributed by atoms with Gasteiger partial charge in [0.2, 0.25) is 0 Å². The molecule has 5 heteroatoms. The van der Waals surface area contributed by atoms with Gasteiger partial charge in [0.05, 0.1) is 6.61 Å². The molecule has 2 aliphatic carbocycles. The first-order chi connectivity index (χ1) is 17.4. The molecule has 1 unspecified atom stereocenters. The van der Waals surface area contributed by atoms with Gasteiger partial charge in [-0.25, -0.2) is 4.79 Å². The molecule has 0 aromatic heterocycles. The molecule has 2 fully saturated rings. The molecule has 0 radical (unpaired) electrons. The van der Waals surface area contributed by atoms with Crippen molar-refractivity contribution in [3.05, 3.63) is 71.3 Å². The first kappa shape index (κ1) is 26.0. The van der Waals surface area contributed by atoms with Crippen LogP contribution in [0.15, 0.2) is 54.6 Å². The van der Waals surface area contributed by atoms with Crippen molar-refractivity contribution in [2.45, 2.75) is 83.1 Å². The fourth-order valence-electron chi connectivity index (χ4n) is 5.57. The molecular formula is C31H40N2O3. The van der Waals surface area contributed by atoms with Crippen molar-refractivity contribution in [3.8, 4) is 0 Å². The molecule has 5 nitrogen and oxygen atoms in total. The number of carbonyl (C=O) groups excluding carboxylic acids is 2. The Balaban J connectivity index is 1.55. The lowest BCUT2D eigenvalue weighted by atomic mass is 9.76. The first-order valence-corrected chi connectivity index (χ1v) is 13.6. The highest BCUT2D eigenvalue weighted by Gasteiger charge is 2.47. The Bertz CT molecular complexity index is 1080. The van der Waals surface area contributed by atoms with Crippen molar-refractivity contribution < 1.29 is 14.3 Å². The third-order valence-electron chi connectivity index (χ3n) is 7.96. The highest BCUT2D eigenvalue weighted by molar-refractivity contribution is 5.99. The van der Waals surface area contributed by atoms with E-state index < -0.39 is 5.54 Å². The zero-order chi connectivity index (χ0) is 25.5. The van der Waals surface area contributed by atoms with E-state index in [9.17, 15) is 9.59 Å². The van der Waals surface area contributed by atoms with Gasteiger partial charge in [0.25, 0.3) is 5.91 Å². The van der Waals surface area contributed by atoms with Crippen LogP contribution in [0, 0.1) is 5.92 Å². The maximum Gasteiger partial charge on any atom is 0.331 e. The van der Waals surface area contributed by atoms with Crippen molar-refractivity contribution in [3.63, 3.8) is 0 Å². The lowest BCUT2D eigenvalue weighted by Gasteiger charge is -2.39. The summed E-state index contributed by atoms with van der Waals surface area (Å²) in [5.74, 6) is 0.287. The van der Waals surface area contributed by atoms with Crippen molar-refractivity contribution in [2.24, 2.45) is 5.92 Å². The van der Waals surface area contributed by atoms with Crippen LogP contribution in [0.3, 0.4) is 0 Å². The SMILES string of the molecule is CCOC(=O)C1(NC(=O)c2ccc(/C(=C\CC(C)c3ccccc3)C3CCCCC3)c(N)c2)CCC1. The lowest BCUT2D eigenvalue weighted by molar-refractivity contribution is -0.154. The summed E-state index contributed by atoms with van der Waals surface area (Å²) in [6, 6.07) is 16.2. The van der Waals surface area contributed by atoms with Crippen LogP contribution in [0.1, 0.15) is 99.0 Å². The van der Waals surface area contributed by atoms with Crippen LogP contribution in [0.2, 0.25) is 0 Å². The molecule has 36 heavy (non-hydrogen) atoms. The molecule has 0 bridgehead atoms. The lowest BCUT2D eigenvalue weighted by Crippen LogP contribution is -2.59. The van der Waals surface area contributed by atoms with E-state index in [1.807, 2.05) is 12.1 Å². The van der Waals surface area contributed by atoms with Gasteiger partial charge in [-0.2, -0.15) is 0 Å². The highest BCUT2D eigenvalue weighted by Crippen LogP contribution is 2.39. The average Bonchev–Trinajstić information content (AvgIpc) is 2.88. The Morgan fingerprint density at radius 1 is 1.08 bits per heavy atom. The van der Waals surface area contributed by atoms with Gasteiger partial charge in [-0.3, -0.25) is 4.79 Å². The zero-order valence-electron chi connectivity index (χ0n) is 21.7. The number of esters is 1. The molecule has 2 aromatic rings. The number of hydrogen-bond acceptors (Lipinski definition) is 4. The number of ether oxygens (including phenoxy) is 1. The molecule has 0 aliphatic heterocycles. The van der Waals surface area contributed by atoms with E-state index in [-0.39, 0.29) is 11.9 Å². The summed E-state index contributed by atoms with van der Waals surface area (Å²) in [7, 11) is 0. The number of nitrogens with two attached hydrogens (primary N) is 1. The number of rotatable bonds is 9. The van der Waals surface area contributed by atoms with E-state index in [1.54, 1.807) is 13.0 Å². The topological polar surface area (TPSA) is 81.4 Å². The number of nitrogens with one attached hydrogen (secondary N) is 1. The van der Waals surface area contributed by atoms with Crippen LogP contribution < -0.4 is 11.1 Å². The fraction of sp³-hybridized carbons (Fsp3) is 0.484. The summed E-state index contributed by atoms with van der Waals surface area (Å²) in [5.41, 5.74) is 10.5. The zero-order valence-corrected chi connectivity index (χ0v) is 21.7. The van der Waals surface area contributed by atoms with Crippen LogP contribution in [0.4, 0.5) is 5.69 Å². The minimum atomic E-state index is -0.902. The summed E-state index contributed by atoms with van der Waals surface area (Å²) in [6.45, 7) is 4.35.